The third-order valence-electron chi connectivity index (χ3n) is 4.25. The highest BCUT2D eigenvalue weighted by Crippen LogP contribution is 2.41. The average molecular weight is 270 g/mol. The van der Waals surface area contributed by atoms with Crippen molar-refractivity contribution in [3.63, 3.8) is 0 Å². The molecule has 0 saturated carbocycles. The van der Waals surface area contributed by atoms with Crippen molar-refractivity contribution >= 4 is 0 Å². The van der Waals surface area contributed by atoms with Gasteiger partial charge in [0, 0.05) is 24.6 Å². The summed E-state index contributed by atoms with van der Waals surface area (Å²) in [7, 11) is 0. The molecule has 0 bridgehead atoms. The lowest BCUT2D eigenvalue weighted by Crippen LogP contribution is -2.60. The van der Waals surface area contributed by atoms with Gasteiger partial charge in [0.1, 0.15) is 5.75 Å². The van der Waals surface area contributed by atoms with Gasteiger partial charge < -0.3 is 9.26 Å². The van der Waals surface area contributed by atoms with Crippen LogP contribution in [0.15, 0.2) is 34.9 Å². The van der Waals surface area contributed by atoms with Crippen LogP contribution in [0, 0.1) is 12.3 Å². The minimum absolute atomic E-state index is 0.295. The lowest BCUT2D eigenvalue weighted by molar-refractivity contribution is -0.0512. The first-order valence-corrected chi connectivity index (χ1v) is 7.08. The van der Waals surface area contributed by atoms with Gasteiger partial charge in [-0.2, -0.15) is 0 Å². The molecule has 0 amide bonds. The number of rotatable bonds is 2. The second-order valence-corrected chi connectivity index (χ2v) is 6.15. The third-order valence-corrected chi connectivity index (χ3v) is 4.25. The van der Waals surface area contributed by atoms with E-state index in [0.29, 0.717) is 5.41 Å². The molecule has 1 fully saturated rings. The quantitative estimate of drug-likeness (QED) is 0.840. The molecule has 0 radical (unpaired) electrons. The second-order valence-electron chi connectivity index (χ2n) is 6.15. The molecule has 0 N–H and O–H groups in total. The predicted molar refractivity (Wildman–Crippen MR) is 74.6 cm³/mol. The van der Waals surface area contributed by atoms with Crippen molar-refractivity contribution in [2.24, 2.45) is 5.41 Å². The maximum Gasteiger partial charge on any atom is 0.150 e. The van der Waals surface area contributed by atoms with Crippen molar-refractivity contribution < 1.29 is 9.26 Å². The molecule has 4 rings (SSSR count). The Morgan fingerprint density at radius 2 is 2.15 bits per heavy atom. The number of ether oxygens (including phenoxy) is 1. The zero-order chi connectivity index (χ0) is 13.6. The number of aryl methyl sites for hydroxylation is 1. The lowest BCUT2D eigenvalue weighted by atomic mass is 9.74. The van der Waals surface area contributed by atoms with Crippen LogP contribution in [0.5, 0.6) is 5.75 Å². The summed E-state index contributed by atoms with van der Waals surface area (Å²) in [5.74, 6) is 2.01. The predicted octanol–water partition coefficient (Wildman–Crippen LogP) is 2.42. The number of hydrogen-bond donors (Lipinski definition) is 0. The maximum atomic E-state index is 5.92. The van der Waals surface area contributed by atoms with E-state index in [9.17, 15) is 0 Å². The number of para-hydroxylation sites is 1. The van der Waals surface area contributed by atoms with Crippen molar-refractivity contribution in [2.45, 2.75) is 19.9 Å². The van der Waals surface area contributed by atoms with E-state index in [2.05, 4.69) is 28.3 Å². The average Bonchev–Trinajstić information content (AvgIpc) is 2.82. The third kappa shape index (κ3) is 2.00. The fourth-order valence-corrected chi connectivity index (χ4v) is 3.41. The Morgan fingerprint density at radius 1 is 1.30 bits per heavy atom. The number of nitrogens with zero attached hydrogens (tertiary/aromatic N) is 2. The minimum Gasteiger partial charge on any atom is -0.493 e. The highest BCUT2D eigenvalue weighted by atomic mass is 16.5. The second kappa shape index (κ2) is 4.35. The summed E-state index contributed by atoms with van der Waals surface area (Å²) < 4.78 is 11.2. The summed E-state index contributed by atoms with van der Waals surface area (Å²) >= 11 is 0. The molecule has 4 heteroatoms. The van der Waals surface area contributed by atoms with E-state index in [1.54, 1.807) is 0 Å². The summed E-state index contributed by atoms with van der Waals surface area (Å²) in [4.78, 5) is 2.40. The monoisotopic (exact) mass is 270 g/mol. The SMILES string of the molecule is Cc1cc(CN2CC3(COc4ccccc4C3)C2)on1. The first-order chi connectivity index (χ1) is 9.72. The van der Waals surface area contributed by atoms with Gasteiger partial charge in [0.05, 0.1) is 18.8 Å². The first kappa shape index (κ1) is 12.0. The maximum absolute atomic E-state index is 5.92. The van der Waals surface area contributed by atoms with Crippen LogP contribution in [0.4, 0.5) is 0 Å². The molecule has 0 unspecified atom stereocenters. The number of aromatic nitrogens is 1. The van der Waals surface area contributed by atoms with E-state index in [-0.39, 0.29) is 0 Å². The van der Waals surface area contributed by atoms with Gasteiger partial charge >= 0.3 is 0 Å². The Kier molecular flexibility index (Phi) is 2.60. The number of likely N-dealkylation sites (tertiary alicyclic amines) is 1. The first-order valence-electron chi connectivity index (χ1n) is 7.08. The van der Waals surface area contributed by atoms with Crippen LogP contribution >= 0.6 is 0 Å². The molecule has 2 aromatic rings. The topological polar surface area (TPSA) is 38.5 Å². The van der Waals surface area contributed by atoms with Gasteiger partial charge in [-0.05, 0) is 25.0 Å². The van der Waals surface area contributed by atoms with Crippen molar-refractivity contribution in [1.29, 1.82) is 0 Å². The molecular formula is C16H18N2O2. The Morgan fingerprint density at radius 3 is 2.95 bits per heavy atom. The summed E-state index contributed by atoms with van der Waals surface area (Å²) in [6.45, 7) is 5.78. The van der Waals surface area contributed by atoms with Gasteiger partial charge in [0.2, 0.25) is 0 Å². The van der Waals surface area contributed by atoms with Gasteiger partial charge in [0.15, 0.2) is 5.76 Å². The van der Waals surface area contributed by atoms with Crippen molar-refractivity contribution in [3.05, 3.63) is 47.3 Å². The fourth-order valence-electron chi connectivity index (χ4n) is 3.41. The summed E-state index contributed by atoms with van der Waals surface area (Å²) in [5, 5.41) is 3.94. The van der Waals surface area contributed by atoms with E-state index in [1.165, 1.54) is 5.56 Å². The molecular weight excluding hydrogens is 252 g/mol. The molecule has 2 aliphatic rings. The van der Waals surface area contributed by atoms with Crippen molar-refractivity contribution in [3.8, 4) is 5.75 Å². The van der Waals surface area contributed by atoms with Crippen LogP contribution in [0.3, 0.4) is 0 Å². The van der Waals surface area contributed by atoms with Crippen LogP contribution < -0.4 is 4.74 Å². The molecule has 104 valence electrons. The van der Waals surface area contributed by atoms with Gasteiger partial charge in [0.25, 0.3) is 0 Å². The van der Waals surface area contributed by atoms with Gasteiger partial charge in [-0.3, -0.25) is 4.90 Å². The molecule has 0 aliphatic carbocycles. The molecule has 3 heterocycles. The van der Waals surface area contributed by atoms with Crippen LogP contribution in [0.25, 0.3) is 0 Å². The number of hydrogen-bond acceptors (Lipinski definition) is 4. The molecule has 0 atom stereocenters. The van der Waals surface area contributed by atoms with E-state index in [0.717, 1.165) is 49.9 Å². The zero-order valence-corrected chi connectivity index (χ0v) is 11.6. The van der Waals surface area contributed by atoms with E-state index < -0.39 is 0 Å². The molecule has 1 spiro atoms. The summed E-state index contributed by atoms with van der Waals surface area (Å²) in [6, 6.07) is 10.4. The molecule has 1 aromatic carbocycles. The van der Waals surface area contributed by atoms with Gasteiger partial charge in [-0.15, -0.1) is 0 Å². The Bertz CT molecular complexity index is 629. The summed E-state index contributed by atoms with van der Waals surface area (Å²) in [5.41, 5.74) is 2.59. The van der Waals surface area contributed by atoms with Crippen LogP contribution in [-0.2, 0) is 13.0 Å². The highest BCUT2D eigenvalue weighted by Gasteiger charge is 2.46. The minimum atomic E-state index is 0.295. The number of fused-ring (bicyclic) bond motifs is 1. The zero-order valence-electron chi connectivity index (χ0n) is 11.6. The largest absolute Gasteiger partial charge is 0.493 e. The van der Waals surface area contributed by atoms with E-state index in [4.69, 9.17) is 9.26 Å². The van der Waals surface area contributed by atoms with E-state index in [1.807, 2.05) is 19.1 Å². The van der Waals surface area contributed by atoms with Crippen LogP contribution in [-0.4, -0.2) is 29.8 Å². The normalized spacial score (nSPS) is 20.2. The summed E-state index contributed by atoms with van der Waals surface area (Å²) in [6.07, 6.45) is 1.12. The molecule has 4 nitrogen and oxygen atoms in total. The van der Waals surface area contributed by atoms with Gasteiger partial charge in [-0.25, -0.2) is 0 Å². The molecule has 1 saturated heterocycles. The Hall–Kier alpha value is -1.81. The Labute approximate surface area is 118 Å². The fraction of sp³-hybridized carbons (Fsp3) is 0.438. The molecule has 20 heavy (non-hydrogen) atoms. The molecule has 2 aliphatic heterocycles. The molecule has 1 aromatic heterocycles. The lowest BCUT2D eigenvalue weighted by Gasteiger charge is -2.51. The van der Waals surface area contributed by atoms with E-state index >= 15 is 0 Å². The number of benzene rings is 1. The van der Waals surface area contributed by atoms with Crippen LogP contribution in [0.2, 0.25) is 0 Å². The van der Waals surface area contributed by atoms with Gasteiger partial charge in [-0.1, -0.05) is 23.4 Å². The standard InChI is InChI=1S/C16H18N2O2/c1-12-6-14(20-17-12)8-18-9-16(10-18)7-13-4-2-3-5-15(13)19-11-16/h2-6H,7-11H2,1H3. The van der Waals surface area contributed by atoms with Crippen molar-refractivity contribution in [1.82, 2.24) is 10.1 Å². The smallest absolute Gasteiger partial charge is 0.150 e. The Balaban J connectivity index is 1.41. The van der Waals surface area contributed by atoms with Crippen molar-refractivity contribution in [2.75, 3.05) is 19.7 Å². The highest BCUT2D eigenvalue weighted by molar-refractivity contribution is 5.36. The van der Waals surface area contributed by atoms with Crippen LogP contribution in [0.1, 0.15) is 17.0 Å².